The van der Waals surface area contributed by atoms with E-state index in [1.807, 2.05) is 18.2 Å². The number of methoxy groups -OCH3 is 1. The van der Waals surface area contributed by atoms with Crippen LogP contribution in [0.5, 0.6) is 5.75 Å². The predicted molar refractivity (Wildman–Crippen MR) is 80.9 cm³/mol. The molecule has 0 fully saturated rings. The Balaban J connectivity index is 2.28. The van der Waals surface area contributed by atoms with Crippen LogP contribution in [0.1, 0.15) is 0 Å². The largest absolute Gasteiger partial charge is 0.495 e. The van der Waals surface area contributed by atoms with E-state index < -0.39 is 0 Å². The summed E-state index contributed by atoms with van der Waals surface area (Å²) in [6.45, 7) is 0. The highest BCUT2D eigenvalue weighted by Crippen LogP contribution is 2.31. The molecule has 0 radical (unpaired) electrons. The molecule has 1 N–H and O–H groups in total. The fourth-order valence-corrected chi connectivity index (χ4v) is 2.66. The smallest absolute Gasteiger partial charge is 0.144 e. The normalized spacial score (nSPS) is 10.2. The second-order valence-corrected chi connectivity index (χ2v) is 5.64. The molecule has 1 heterocycles. The molecule has 2 aromatic rings. The summed E-state index contributed by atoms with van der Waals surface area (Å²) >= 11 is 12.8. The van der Waals surface area contributed by atoms with E-state index in [4.69, 9.17) is 16.3 Å². The third-order valence-electron chi connectivity index (χ3n) is 2.22. The highest BCUT2D eigenvalue weighted by Gasteiger charge is 2.05. The van der Waals surface area contributed by atoms with Gasteiger partial charge < -0.3 is 10.1 Å². The van der Waals surface area contributed by atoms with Crippen LogP contribution in [0.3, 0.4) is 0 Å². The minimum Gasteiger partial charge on any atom is -0.495 e. The summed E-state index contributed by atoms with van der Waals surface area (Å²) in [5.74, 6) is 1.34. The Kier molecular flexibility index (Phi) is 4.48. The van der Waals surface area contributed by atoms with Gasteiger partial charge in [0.15, 0.2) is 0 Å². The van der Waals surface area contributed by atoms with E-state index in [2.05, 4.69) is 42.2 Å². The summed E-state index contributed by atoms with van der Waals surface area (Å²) < 4.78 is 6.94. The quantitative estimate of drug-likeness (QED) is 0.797. The van der Waals surface area contributed by atoms with Crippen molar-refractivity contribution in [3.63, 3.8) is 0 Å². The van der Waals surface area contributed by atoms with Crippen molar-refractivity contribution in [3.05, 3.63) is 44.4 Å². The van der Waals surface area contributed by atoms with Gasteiger partial charge in [0.1, 0.15) is 11.6 Å². The number of aromatic nitrogens is 1. The molecule has 0 atom stereocenters. The highest BCUT2D eigenvalue weighted by molar-refractivity contribution is 9.11. The molecular weight excluding hydrogens is 383 g/mol. The maximum atomic E-state index is 5.97. The van der Waals surface area contributed by atoms with E-state index >= 15 is 0 Å². The predicted octanol–water partition coefficient (Wildman–Crippen LogP) is 5.01. The Morgan fingerprint density at radius 1 is 1.28 bits per heavy atom. The van der Waals surface area contributed by atoms with E-state index in [0.717, 1.165) is 20.5 Å². The standard InChI is InChI=1S/C12H9Br2ClN2O/c1-18-11-5-8(2-3-10(11)15)17-12-9(14)4-7(13)6-16-12/h2-6H,1H3,(H,16,17). The van der Waals surface area contributed by atoms with Gasteiger partial charge in [0.2, 0.25) is 0 Å². The molecule has 0 aliphatic heterocycles. The molecule has 0 unspecified atom stereocenters. The number of ether oxygens (including phenoxy) is 1. The van der Waals surface area contributed by atoms with Crippen molar-refractivity contribution in [1.29, 1.82) is 0 Å². The minimum absolute atomic E-state index is 0.575. The summed E-state index contributed by atoms with van der Waals surface area (Å²) in [6.07, 6.45) is 1.72. The van der Waals surface area contributed by atoms with Gasteiger partial charge in [-0.25, -0.2) is 4.98 Å². The second-order valence-electron chi connectivity index (χ2n) is 3.46. The van der Waals surface area contributed by atoms with Gasteiger partial charge >= 0.3 is 0 Å². The zero-order chi connectivity index (χ0) is 13.1. The van der Waals surface area contributed by atoms with Gasteiger partial charge in [-0.2, -0.15) is 0 Å². The van der Waals surface area contributed by atoms with E-state index in [9.17, 15) is 0 Å². The van der Waals surface area contributed by atoms with Crippen LogP contribution in [-0.4, -0.2) is 12.1 Å². The lowest BCUT2D eigenvalue weighted by Crippen LogP contribution is -1.95. The molecule has 3 nitrogen and oxygen atoms in total. The summed E-state index contributed by atoms with van der Waals surface area (Å²) in [5.41, 5.74) is 0.853. The fourth-order valence-electron chi connectivity index (χ4n) is 1.38. The van der Waals surface area contributed by atoms with Crippen LogP contribution < -0.4 is 10.1 Å². The molecule has 0 aliphatic carbocycles. The van der Waals surface area contributed by atoms with Crippen LogP contribution in [0.4, 0.5) is 11.5 Å². The monoisotopic (exact) mass is 390 g/mol. The van der Waals surface area contributed by atoms with E-state index in [0.29, 0.717) is 10.8 Å². The number of halogens is 3. The van der Waals surface area contributed by atoms with Crippen molar-refractivity contribution in [2.75, 3.05) is 12.4 Å². The lowest BCUT2D eigenvalue weighted by Gasteiger charge is -2.10. The number of nitrogens with one attached hydrogen (secondary N) is 1. The first kappa shape index (κ1) is 13.6. The first-order valence-electron chi connectivity index (χ1n) is 5.02. The Hall–Kier alpha value is -0.780. The first-order valence-corrected chi connectivity index (χ1v) is 6.98. The van der Waals surface area contributed by atoms with Crippen LogP contribution in [-0.2, 0) is 0 Å². The lowest BCUT2D eigenvalue weighted by atomic mass is 10.3. The molecule has 1 aromatic carbocycles. The molecule has 94 valence electrons. The first-order chi connectivity index (χ1) is 8.60. The molecule has 0 saturated carbocycles. The Bertz CT molecular complexity index is 578. The van der Waals surface area contributed by atoms with Gasteiger partial charge in [-0.15, -0.1) is 0 Å². The van der Waals surface area contributed by atoms with E-state index in [-0.39, 0.29) is 0 Å². The Morgan fingerprint density at radius 2 is 2.06 bits per heavy atom. The van der Waals surface area contributed by atoms with Crippen molar-refractivity contribution in [3.8, 4) is 5.75 Å². The average molecular weight is 392 g/mol. The van der Waals surface area contributed by atoms with Crippen molar-refractivity contribution in [2.24, 2.45) is 0 Å². The van der Waals surface area contributed by atoms with Gasteiger partial charge in [-0.3, -0.25) is 0 Å². The van der Waals surface area contributed by atoms with E-state index in [1.54, 1.807) is 19.4 Å². The maximum Gasteiger partial charge on any atom is 0.144 e. The molecular formula is C12H9Br2ClN2O. The van der Waals surface area contributed by atoms with Gasteiger partial charge in [-0.1, -0.05) is 11.6 Å². The number of nitrogens with zero attached hydrogens (tertiary/aromatic N) is 1. The van der Waals surface area contributed by atoms with Crippen LogP contribution in [0.2, 0.25) is 5.02 Å². The van der Waals surface area contributed by atoms with Gasteiger partial charge in [0.25, 0.3) is 0 Å². The molecule has 6 heteroatoms. The third kappa shape index (κ3) is 3.16. The van der Waals surface area contributed by atoms with E-state index in [1.165, 1.54) is 0 Å². The molecule has 18 heavy (non-hydrogen) atoms. The molecule has 0 spiro atoms. The summed E-state index contributed by atoms with van der Waals surface area (Å²) in [5, 5.41) is 3.76. The fraction of sp³-hybridized carbons (Fsp3) is 0.0833. The van der Waals surface area contributed by atoms with Crippen molar-refractivity contribution >= 4 is 55.0 Å². The summed E-state index contributed by atoms with van der Waals surface area (Å²) in [6, 6.07) is 7.37. The number of benzene rings is 1. The van der Waals surface area contributed by atoms with Gasteiger partial charge in [0.05, 0.1) is 16.6 Å². The van der Waals surface area contributed by atoms with Crippen LogP contribution in [0, 0.1) is 0 Å². The SMILES string of the molecule is COc1cc(Nc2ncc(Br)cc2Br)ccc1Cl. The molecule has 1 aromatic heterocycles. The average Bonchev–Trinajstić information content (AvgIpc) is 2.35. The van der Waals surface area contributed by atoms with Crippen LogP contribution in [0.25, 0.3) is 0 Å². The molecule has 0 saturated heterocycles. The number of hydrogen-bond acceptors (Lipinski definition) is 3. The van der Waals surface area contributed by atoms with Gasteiger partial charge in [0, 0.05) is 22.4 Å². The van der Waals surface area contributed by atoms with Crippen LogP contribution >= 0.6 is 43.5 Å². The topological polar surface area (TPSA) is 34.1 Å². The summed E-state index contributed by atoms with van der Waals surface area (Å²) in [7, 11) is 1.58. The highest BCUT2D eigenvalue weighted by atomic mass is 79.9. The maximum absolute atomic E-state index is 5.97. The number of anilines is 2. The molecule has 0 bridgehead atoms. The van der Waals surface area contributed by atoms with Crippen molar-refractivity contribution in [1.82, 2.24) is 4.98 Å². The molecule has 0 amide bonds. The lowest BCUT2D eigenvalue weighted by molar-refractivity contribution is 0.415. The zero-order valence-corrected chi connectivity index (χ0v) is 13.3. The van der Waals surface area contributed by atoms with Crippen molar-refractivity contribution in [2.45, 2.75) is 0 Å². The Labute approximate surface area is 127 Å². The number of pyridine rings is 1. The molecule has 0 aliphatic rings. The number of hydrogen-bond donors (Lipinski definition) is 1. The Morgan fingerprint density at radius 3 is 2.72 bits per heavy atom. The van der Waals surface area contributed by atoms with Gasteiger partial charge in [-0.05, 0) is 50.1 Å². The second kappa shape index (κ2) is 5.91. The zero-order valence-electron chi connectivity index (χ0n) is 9.38. The minimum atomic E-state index is 0.575. The summed E-state index contributed by atoms with van der Waals surface area (Å²) in [4.78, 5) is 4.27. The van der Waals surface area contributed by atoms with Crippen molar-refractivity contribution < 1.29 is 4.74 Å². The number of rotatable bonds is 3. The molecule has 2 rings (SSSR count). The third-order valence-corrected chi connectivity index (χ3v) is 3.57. The van der Waals surface area contributed by atoms with Crippen LogP contribution in [0.15, 0.2) is 39.4 Å².